The highest BCUT2D eigenvalue weighted by molar-refractivity contribution is 5.89. The van der Waals surface area contributed by atoms with Crippen LogP contribution in [0.25, 0.3) is 0 Å². The van der Waals surface area contributed by atoms with Crippen LogP contribution in [0.1, 0.15) is 37.0 Å². The van der Waals surface area contributed by atoms with E-state index in [2.05, 4.69) is 12.1 Å². The number of amides is 2. The van der Waals surface area contributed by atoms with Crippen LogP contribution < -0.4 is 0 Å². The van der Waals surface area contributed by atoms with Gasteiger partial charge >= 0.3 is 0 Å². The first-order valence-corrected chi connectivity index (χ1v) is 9.61. The van der Waals surface area contributed by atoms with Crippen LogP contribution in [-0.4, -0.2) is 34.2 Å². The van der Waals surface area contributed by atoms with Crippen molar-refractivity contribution < 1.29 is 9.59 Å². The molecule has 4 heteroatoms. The summed E-state index contributed by atoms with van der Waals surface area (Å²) < 4.78 is 0. The number of nitrogens with zero attached hydrogens (tertiary/aromatic N) is 2. The average Bonchev–Trinajstić information content (AvgIpc) is 3.02. The second-order valence-corrected chi connectivity index (χ2v) is 7.71. The summed E-state index contributed by atoms with van der Waals surface area (Å²) in [5, 5.41) is 0. The van der Waals surface area contributed by atoms with Crippen molar-refractivity contribution in [2.45, 2.75) is 46.3 Å². The lowest BCUT2D eigenvalue weighted by molar-refractivity contribution is -0.138. The molecule has 4 nitrogen and oxygen atoms in total. The van der Waals surface area contributed by atoms with Crippen LogP contribution >= 0.6 is 0 Å². The highest BCUT2D eigenvalue weighted by Crippen LogP contribution is 2.24. The number of benzene rings is 2. The van der Waals surface area contributed by atoms with Crippen LogP contribution in [0, 0.1) is 12.8 Å². The Balaban J connectivity index is 1.66. The van der Waals surface area contributed by atoms with Crippen molar-refractivity contribution in [3.63, 3.8) is 0 Å². The normalized spacial score (nSPS) is 16.8. The van der Waals surface area contributed by atoms with Crippen molar-refractivity contribution >= 4 is 11.8 Å². The fraction of sp³-hybridized carbons (Fsp3) is 0.391. The van der Waals surface area contributed by atoms with E-state index in [4.69, 9.17) is 0 Å². The smallest absolute Gasteiger partial charge is 0.228 e. The fourth-order valence-electron chi connectivity index (χ4n) is 3.53. The molecule has 3 rings (SSSR count). The summed E-state index contributed by atoms with van der Waals surface area (Å²) in [6.07, 6.45) is 0.308. The van der Waals surface area contributed by atoms with Crippen LogP contribution in [0.2, 0.25) is 0 Å². The fourth-order valence-corrected chi connectivity index (χ4v) is 3.53. The lowest BCUT2D eigenvalue weighted by atomic mass is 10.1. The Bertz CT molecular complexity index is 784. The first-order chi connectivity index (χ1) is 12.9. The molecule has 142 valence electrons. The molecule has 0 radical (unpaired) electrons. The van der Waals surface area contributed by atoms with E-state index in [1.807, 2.05) is 73.0 Å². The van der Waals surface area contributed by atoms with Gasteiger partial charge in [0.2, 0.25) is 11.8 Å². The van der Waals surface area contributed by atoms with Gasteiger partial charge in [0.05, 0.1) is 5.92 Å². The molecule has 0 aromatic heterocycles. The van der Waals surface area contributed by atoms with E-state index in [9.17, 15) is 9.59 Å². The van der Waals surface area contributed by atoms with Gasteiger partial charge in [-0.15, -0.1) is 0 Å². The summed E-state index contributed by atoms with van der Waals surface area (Å²) in [4.78, 5) is 29.3. The highest BCUT2D eigenvalue weighted by Gasteiger charge is 2.37. The molecule has 1 atom stereocenters. The van der Waals surface area contributed by atoms with Crippen LogP contribution in [0.15, 0.2) is 54.6 Å². The van der Waals surface area contributed by atoms with E-state index in [0.29, 0.717) is 26.1 Å². The molecular weight excluding hydrogens is 336 g/mol. The lowest BCUT2D eigenvalue weighted by Gasteiger charge is -2.29. The van der Waals surface area contributed by atoms with Crippen molar-refractivity contribution in [3.8, 4) is 0 Å². The predicted molar refractivity (Wildman–Crippen MR) is 107 cm³/mol. The molecule has 1 saturated heterocycles. The number of hydrogen-bond acceptors (Lipinski definition) is 2. The van der Waals surface area contributed by atoms with E-state index in [1.165, 1.54) is 5.56 Å². The van der Waals surface area contributed by atoms with E-state index in [1.54, 1.807) is 0 Å². The van der Waals surface area contributed by atoms with Crippen LogP contribution in [0.4, 0.5) is 0 Å². The van der Waals surface area contributed by atoms with Gasteiger partial charge in [0.15, 0.2) is 0 Å². The van der Waals surface area contributed by atoms with Crippen LogP contribution in [0.5, 0.6) is 0 Å². The van der Waals surface area contributed by atoms with Crippen molar-refractivity contribution in [3.05, 3.63) is 71.3 Å². The summed E-state index contributed by atoms with van der Waals surface area (Å²) >= 11 is 0. The molecule has 1 aliphatic heterocycles. The number of carbonyl (C=O) groups excluding carboxylic acids is 2. The summed E-state index contributed by atoms with van der Waals surface area (Å²) in [5.41, 5.74) is 3.42. The maximum Gasteiger partial charge on any atom is 0.228 e. The third-order valence-corrected chi connectivity index (χ3v) is 5.16. The van der Waals surface area contributed by atoms with Gasteiger partial charge in [-0.1, -0.05) is 60.2 Å². The summed E-state index contributed by atoms with van der Waals surface area (Å²) in [6, 6.07) is 18.3. The summed E-state index contributed by atoms with van der Waals surface area (Å²) in [6.45, 7) is 7.77. The minimum Gasteiger partial charge on any atom is -0.338 e. The van der Waals surface area contributed by atoms with Gasteiger partial charge in [0, 0.05) is 32.1 Å². The first-order valence-electron chi connectivity index (χ1n) is 9.61. The zero-order valence-electron chi connectivity index (χ0n) is 16.4. The standard InChI is InChI=1S/C23H28N2O2/c1-17(2)25(15-19-7-5-4-6-8-19)23(27)21-13-22(26)24(16-21)14-20-11-9-18(3)10-12-20/h4-12,17,21H,13-16H2,1-3H3. The average molecular weight is 364 g/mol. The van der Waals surface area contributed by atoms with Crippen molar-refractivity contribution in [1.82, 2.24) is 9.80 Å². The predicted octanol–water partition coefficient (Wildman–Crippen LogP) is 3.78. The Morgan fingerprint density at radius 1 is 1.07 bits per heavy atom. The monoisotopic (exact) mass is 364 g/mol. The Hall–Kier alpha value is -2.62. The molecule has 0 aliphatic carbocycles. The first kappa shape index (κ1) is 19.2. The number of aryl methyl sites for hydroxylation is 1. The molecule has 2 amide bonds. The SMILES string of the molecule is Cc1ccc(CN2CC(C(=O)N(Cc3ccccc3)C(C)C)CC2=O)cc1. The van der Waals surface area contributed by atoms with Gasteiger partial charge in [0.25, 0.3) is 0 Å². The van der Waals surface area contributed by atoms with Crippen LogP contribution in [0.3, 0.4) is 0 Å². The number of likely N-dealkylation sites (tertiary alicyclic amines) is 1. The van der Waals surface area contributed by atoms with E-state index < -0.39 is 0 Å². The molecule has 0 spiro atoms. The second kappa shape index (κ2) is 8.38. The highest BCUT2D eigenvalue weighted by atomic mass is 16.2. The maximum atomic E-state index is 13.1. The van der Waals surface area contributed by atoms with Crippen molar-refractivity contribution in [2.24, 2.45) is 5.92 Å². The Morgan fingerprint density at radius 2 is 1.74 bits per heavy atom. The number of rotatable bonds is 6. The molecule has 0 saturated carbocycles. The largest absolute Gasteiger partial charge is 0.338 e. The zero-order valence-corrected chi connectivity index (χ0v) is 16.4. The Labute approximate surface area is 161 Å². The van der Waals surface area contributed by atoms with E-state index in [0.717, 1.165) is 11.1 Å². The zero-order chi connectivity index (χ0) is 19.4. The van der Waals surface area contributed by atoms with Gasteiger partial charge in [-0.2, -0.15) is 0 Å². The Kier molecular flexibility index (Phi) is 5.94. The molecule has 1 heterocycles. The van der Waals surface area contributed by atoms with E-state index >= 15 is 0 Å². The maximum absolute atomic E-state index is 13.1. The summed E-state index contributed by atoms with van der Waals surface area (Å²) in [5.74, 6) is -0.111. The quantitative estimate of drug-likeness (QED) is 0.783. The number of carbonyl (C=O) groups is 2. The minimum atomic E-state index is -0.255. The molecular formula is C23H28N2O2. The molecule has 1 unspecified atom stereocenters. The van der Waals surface area contributed by atoms with Gasteiger partial charge in [-0.3, -0.25) is 9.59 Å². The van der Waals surface area contributed by atoms with Gasteiger partial charge in [0.1, 0.15) is 0 Å². The molecule has 0 bridgehead atoms. The molecule has 0 N–H and O–H groups in total. The Morgan fingerprint density at radius 3 is 2.37 bits per heavy atom. The molecule has 2 aromatic rings. The van der Waals surface area contributed by atoms with Crippen LogP contribution in [-0.2, 0) is 22.7 Å². The topological polar surface area (TPSA) is 40.6 Å². The summed E-state index contributed by atoms with van der Waals surface area (Å²) in [7, 11) is 0. The molecule has 27 heavy (non-hydrogen) atoms. The molecule has 2 aromatic carbocycles. The second-order valence-electron chi connectivity index (χ2n) is 7.71. The third-order valence-electron chi connectivity index (χ3n) is 5.16. The third kappa shape index (κ3) is 4.76. The lowest BCUT2D eigenvalue weighted by Crippen LogP contribution is -2.41. The number of hydrogen-bond donors (Lipinski definition) is 0. The van der Waals surface area contributed by atoms with Gasteiger partial charge < -0.3 is 9.80 Å². The molecule has 1 fully saturated rings. The van der Waals surface area contributed by atoms with E-state index in [-0.39, 0.29) is 23.8 Å². The van der Waals surface area contributed by atoms with Gasteiger partial charge in [-0.05, 0) is 31.9 Å². The van der Waals surface area contributed by atoms with Crippen molar-refractivity contribution in [1.29, 1.82) is 0 Å². The van der Waals surface area contributed by atoms with Crippen molar-refractivity contribution in [2.75, 3.05) is 6.54 Å². The van der Waals surface area contributed by atoms with Gasteiger partial charge in [-0.25, -0.2) is 0 Å². The minimum absolute atomic E-state index is 0.0670. The molecule has 1 aliphatic rings.